The standard InChI is InChI=1S/C17H22O2/c1-19-17(15-12-8-5-9-13-15)16(18)14-10-6-3-2-4-7-11-14/h5,8-10,12-13,17H,2-4,6-7,11H2,1H3/b14-10+. The molecule has 0 amide bonds. The van der Waals surface area contributed by atoms with Crippen molar-refractivity contribution in [3.63, 3.8) is 0 Å². The van der Waals surface area contributed by atoms with E-state index in [0.29, 0.717) is 0 Å². The fourth-order valence-electron chi connectivity index (χ4n) is 2.61. The lowest BCUT2D eigenvalue weighted by Gasteiger charge is -2.18. The minimum Gasteiger partial charge on any atom is -0.369 e. The zero-order chi connectivity index (χ0) is 13.5. The van der Waals surface area contributed by atoms with E-state index in [-0.39, 0.29) is 5.78 Å². The molecule has 0 fully saturated rings. The van der Waals surface area contributed by atoms with Gasteiger partial charge in [-0.2, -0.15) is 0 Å². The molecule has 19 heavy (non-hydrogen) atoms. The van der Waals surface area contributed by atoms with Crippen LogP contribution < -0.4 is 0 Å². The third-order valence-corrected chi connectivity index (χ3v) is 3.68. The number of ketones is 1. The molecule has 0 N–H and O–H groups in total. The van der Waals surface area contributed by atoms with Crippen molar-refractivity contribution < 1.29 is 9.53 Å². The van der Waals surface area contributed by atoms with E-state index in [2.05, 4.69) is 6.08 Å². The number of Topliss-reactive ketones (excluding diaryl/α,β-unsaturated/α-hetero) is 1. The summed E-state index contributed by atoms with van der Waals surface area (Å²) in [7, 11) is 1.61. The molecule has 1 aromatic rings. The molecular formula is C17H22O2. The van der Waals surface area contributed by atoms with Gasteiger partial charge in [-0.3, -0.25) is 4.79 Å². The number of rotatable bonds is 4. The molecule has 1 unspecified atom stereocenters. The van der Waals surface area contributed by atoms with Gasteiger partial charge < -0.3 is 4.74 Å². The average Bonchev–Trinajstić information content (AvgIpc) is 2.40. The predicted octanol–water partition coefficient (Wildman–Crippen LogP) is 4.22. The van der Waals surface area contributed by atoms with Gasteiger partial charge in [-0.25, -0.2) is 0 Å². The van der Waals surface area contributed by atoms with E-state index in [4.69, 9.17) is 4.74 Å². The van der Waals surface area contributed by atoms with Gasteiger partial charge in [0.15, 0.2) is 5.78 Å². The molecule has 0 spiro atoms. The molecule has 0 radical (unpaired) electrons. The van der Waals surface area contributed by atoms with Gasteiger partial charge in [0.25, 0.3) is 0 Å². The lowest BCUT2D eigenvalue weighted by atomic mass is 9.92. The van der Waals surface area contributed by atoms with Crippen LogP contribution in [0.4, 0.5) is 0 Å². The van der Waals surface area contributed by atoms with Crippen molar-refractivity contribution in [2.24, 2.45) is 0 Å². The summed E-state index contributed by atoms with van der Waals surface area (Å²) in [4.78, 5) is 12.6. The molecule has 0 saturated carbocycles. The topological polar surface area (TPSA) is 26.3 Å². The highest BCUT2D eigenvalue weighted by molar-refractivity contribution is 5.99. The number of hydrogen-bond acceptors (Lipinski definition) is 2. The summed E-state index contributed by atoms with van der Waals surface area (Å²) in [5, 5.41) is 0. The molecule has 0 aromatic heterocycles. The van der Waals surface area contributed by atoms with Crippen LogP contribution in [0, 0.1) is 0 Å². The van der Waals surface area contributed by atoms with Crippen molar-refractivity contribution in [3.05, 3.63) is 47.5 Å². The predicted molar refractivity (Wildman–Crippen MR) is 77.0 cm³/mol. The Morgan fingerprint density at radius 2 is 1.84 bits per heavy atom. The Kier molecular flexibility index (Phi) is 5.34. The Morgan fingerprint density at radius 3 is 2.58 bits per heavy atom. The SMILES string of the molecule is COC(C(=O)/C1=C/CCCCCC1)c1ccccc1. The second-order valence-corrected chi connectivity index (χ2v) is 5.07. The summed E-state index contributed by atoms with van der Waals surface area (Å²) in [5.74, 6) is 0.135. The third-order valence-electron chi connectivity index (χ3n) is 3.68. The van der Waals surface area contributed by atoms with Crippen LogP contribution >= 0.6 is 0 Å². The Balaban J connectivity index is 2.16. The van der Waals surface area contributed by atoms with Gasteiger partial charge >= 0.3 is 0 Å². The highest BCUT2D eigenvalue weighted by atomic mass is 16.5. The van der Waals surface area contributed by atoms with Crippen molar-refractivity contribution >= 4 is 5.78 Å². The van der Waals surface area contributed by atoms with Gasteiger partial charge in [0.05, 0.1) is 0 Å². The smallest absolute Gasteiger partial charge is 0.191 e. The van der Waals surface area contributed by atoms with Gasteiger partial charge in [-0.1, -0.05) is 49.2 Å². The lowest BCUT2D eigenvalue weighted by molar-refractivity contribution is -0.125. The molecule has 0 heterocycles. The molecule has 0 saturated heterocycles. The number of allylic oxidation sites excluding steroid dienone is 1. The maximum absolute atomic E-state index is 12.6. The third kappa shape index (κ3) is 3.77. The second-order valence-electron chi connectivity index (χ2n) is 5.07. The van der Waals surface area contributed by atoms with Gasteiger partial charge in [0.2, 0.25) is 0 Å². The number of methoxy groups -OCH3 is 1. The van der Waals surface area contributed by atoms with E-state index in [9.17, 15) is 4.79 Å². The van der Waals surface area contributed by atoms with Gasteiger partial charge in [-0.15, -0.1) is 0 Å². The van der Waals surface area contributed by atoms with Crippen LogP contribution in [0.1, 0.15) is 50.2 Å². The van der Waals surface area contributed by atoms with Gasteiger partial charge in [0.1, 0.15) is 6.10 Å². The lowest BCUT2D eigenvalue weighted by Crippen LogP contribution is -2.17. The molecule has 1 atom stereocenters. The van der Waals surface area contributed by atoms with Gasteiger partial charge in [0, 0.05) is 7.11 Å². The fourth-order valence-corrected chi connectivity index (χ4v) is 2.61. The highest BCUT2D eigenvalue weighted by Gasteiger charge is 2.23. The number of carbonyl (C=O) groups excluding carboxylic acids is 1. The Morgan fingerprint density at radius 1 is 1.11 bits per heavy atom. The molecule has 1 aliphatic rings. The molecule has 1 aromatic carbocycles. The number of benzene rings is 1. The molecular weight excluding hydrogens is 236 g/mol. The van der Waals surface area contributed by atoms with Crippen LogP contribution in [-0.2, 0) is 9.53 Å². The average molecular weight is 258 g/mol. The molecule has 2 heteroatoms. The van der Waals surface area contributed by atoms with Crippen LogP contribution in [-0.4, -0.2) is 12.9 Å². The summed E-state index contributed by atoms with van der Waals surface area (Å²) in [6.45, 7) is 0. The van der Waals surface area contributed by atoms with Gasteiger partial charge in [-0.05, 0) is 36.8 Å². The minimum absolute atomic E-state index is 0.135. The Bertz CT molecular complexity index is 434. The quantitative estimate of drug-likeness (QED) is 0.808. The van der Waals surface area contributed by atoms with Crippen LogP contribution in [0.3, 0.4) is 0 Å². The number of ether oxygens (including phenoxy) is 1. The second kappa shape index (κ2) is 7.25. The zero-order valence-electron chi connectivity index (χ0n) is 11.6. The molecule has 2 nitrogen and oxygen atoms in total. The van der Waals surface area contributed by atoms with E-state index < -0.39 is 6.10 Å². The first-order chi connectivity index (χ1) is 9.33. The van der Waals surface area contributed by atoms with E-state index in [1.165, 1.54) is 19.3 Å². The number of hydrogen-bond donors (Lipinski definition) is 0. The Hall–Kier alpha value is -1.41. The molecule has 2 rings (SSSR count). The summed E-state index contributed by atoms with van der Waals surface area (Å²) in [6.07, 6.45) is 8.40. The molecule has 0 bridgehead atoms. The van der Waals surface area contributed by atoms with Crippen LogP contribution in [0.2, 0.25) is 0 Å². The van der Waals surface area contributed by atoms with Crippen molar-refractivity contribution in [2.45, 2.75) is 44.6 Å². The van der Waals surface area contributed by atoms with Crippen LogP contribution in [0.5, 0.6) is 0 Å². The summed E-state index contributed by atoms with van der Waals surface area (Å²) >= 11 is 0. The van der Waals surface area contributed by atoms with Crippen molar-refractivity contribution in [1.29, 1.82) is 0 Å². The first-order valence-corrected chi connectivity index (χ1v) is 7.14. The summed E-state index contributed by atoms with van der Waals surface area (Å²) < 4.78 is 5.43. The minimum atomic E-state index is -0.452. The highest BCUT2D eigenvalue weighted by Crippen LogP contribution is 2.25. The van der Waals surface area contributed by atoms with E-state index in [1.807, 2.05) is 30.3 Å². The van der Waals surface area contributed by atoms with Crippen molar-refractivity contribution in [1.82, 2.24) is 0 Å². The normalized spacial score (nSPS) is 20.8. The molecule has 0 aliphatic heterocycles. The molecule has 102 valence electrons. The zero-order valence-corrected chi connectivity index (χ0v) is 11.6. The van der Waals surface area contributed by atoms with Crippen molar-refractivity contribution in [2.75, 3.05) is 7.11 Å². The largest absolute Gasteiger partial charge is 0.369 e. The van der Waals surface area contributed by atoms with E-state index in [1.54, 1.807) is 7.11 Å². The van der Waals surface area contributed by atoms with E-state index in [0.717, 1.165) is 30.4 Å². The first-order valence-electron chi connectivity index (χ1n) is 7.14. The maximum atomic E-state index is 12.6. The van der Waals surface area contributed by atoms with Crippen LogP contribution in [0.15, 0.2) is 42.0 Å². The fraction of sp³-hybridized carbons (Fsp3) is 0.471. The Labute approximate surface area is 115 Å². The van der Waals surface area contributed by atoms with E-state index >= 15 is 0 Å². The number of carbonyl (C=O) groups is 1. The van der Waals surface area contributed by atoms with Crippen molar-refractivity contribution in [3.8, 4) is 0 Å². The molecule has 1 aliphatic carbocycles. The first kappa shape index (κ1) is 14.0. The summed E-state index contributed by atoms with van der Waals surface area (Å²) in [6, 6.07) is 9.75. The summed E-state index contributed by atoms with van der Waals surface area (Å²) in [5.41, 5.74) is 1.90. The van der Waals surface area contributed by atoms with Crippen LogP contribution in [0.25, 0.3) is 0 Å². The monoisotopic (exact) mass is 258 g/mol. The maximum Gasteiger partial charge on any atom is 0.191 e.